The molecule has 0 unspecified atom stereocenters. The monoisotopic (exact) mass is 843 g/mol. The molecular weight excluding hydrogens is 782 g/mol. The third-order valence-electron chi connectivity index (χ3n) is 8.82. The minimum absolute atomic E-state index is 0.0768. The average Bonchev–Trinajstić information content (AvgIpc) is 3.54. The van der Waals surface area contributed by atoms with E-state index in [2.05, 4.69) is 36.9 Å². The Morgan fingerprint density at radius 2 is 1.34 bits per heavy atom. The maximum Gasteiger partial charge on any atom is 0.326 e. The predicted octanol–water partition coefficient (Wildman–Crippen LogP) is -5.47. The van der Waals surface area contributed by atoms with E-state index in [1.54, 1.807) is 13.8 Å². The van der Waals surface area contributed by atoms with Gasteiger partial charge in [0.1, 0.15) is 30.2 Å². The molecule has 7 atom stereocenters. The molecule has 0 aromatic carbocycles. The number of hydrogen-bond donors (Lipinski definition) is 13. The Hall–Kier alpha value is -5.62. The van der Waals surface area contributed by atoms with E-state index in [0.29, 0.717) is 6.42 Å². The van der Waals surface area contributed by atoms with Gasteiger partial charge in [0.05, 0.1) is 31.8 Å². The molecule has 0 spiro atoms. The molecule has 24 heteroatoms. The number of rotatable bonds is 26. The quantitative estimate of drug-likeness (QED) is 0.0219. The van der Waals surface area contributed by atoms with Crippen molar-refractivity contribution in [3.05, 3.63) is 0 Å². The molecule has 0 aromatic rings. The summed E-state index contributed by atoms with van der Waals surface area (Å²) in [7, 11) is 0. The fraction of sp³-hybridized carbons (Fsp3) is 0.714. The molecular formula is C35H61N11O13. The Morgan fingerprint density at radius 3 is 1.90 bits per heavy atom. The van der Waals surface area contributed by atoms with Crippen LogP contribution in [0.4, 0.5) is 0 Å². The molecule has 1 rings (SSSR count). The van der Waals surface area contributed by atoms with Crippen LogP contribution in [-0.4, -0.2) is 160 Å². The second-order valence-electron chi connectivity index (χ2n) is 15.0. The van der Waals surface area contributed by atoms with E-state index < -0.39 is 128 Å². The SMILES string of the molecule is CC(C)C[C@@H](N)C(=O)N[C@H](CCCN=C(N)N)C(=O)N[C@@H](CC(C)C)C(=O)N[C@@H](CO)C(=O)NCC(=O)NCC(=O)N1C[C@H](O)C[C@H]1C(=O)N[C@@H](CCC(=O)O)C(=O)O. The third-order valence-corrected chi connectivity index (χ3v) is 8.82. The molecule has 0 radical (unpaired) electrons. The Morgan fingerprint density at radius 1 is 0.746 bits per heavy atom. The highest BCUT2D eigenvalue weighted by molar-refractivity contribution is 5.96. The summed E-state index contributed by atoms with van der Waals surface area (Å²) in [6.07, 6.45) is -1.63. The smallest absolute Gasteiger partial charge is 0.326 e. The zero-order valence-electron chi connectivity index (χ0n) is 33.8. The van der Waals surface area contributed by atoms with E-state index in [4.69, 9.17) is 22.3 Å². The zero-order valence-corrected chi connectivity index (χ0v) is 33.8. The molecule has 0 aromatic heterocycles. The number of amides is 7. The van der Waals surface area contributed by atoms with E-state index in [1.165, 1.54) is 0 Å². The highest BCUT2D eigenvalue weighted by Crippen LogP contribution is 2.19. The number of nitrogens with one attached hydrogen (secondary N) is 6. The van der Waals surface area contributed by atoms with Gasteiger partial charge in [-0.05, 0) is 43.9 Å². The van der Waals surface area contributed by atoms with E-state index in [-0.39, 0.29) is 56.6 Å². The van der Waals surface area contributed by atoms with E-state index in [1.807, 2.05) is 13.8 Å². The fourth-order valence-electron chi connectivity index (χ4n) is 5.87. The van der Waals surface area contributed by atoms with Crippen LogP contribution >= 0.6 is 0 Å². The van der Waals surface area contributed by atoms with Crippen molar-refractivity contribution in [2.75, 3.05) is 32.8 Å². The number of carboxylic acids is 2. The first kappa shape index (κ1) is 51.4. The van der Waals surface area contributed by atoms with E-state index >= 15 is 0 Å². The normalized spacial score (nSPS) is 17.4. The second-order valence-corrected chi connectivity index (χ2v) is 15.0. The first-order valence-corrected chi connectivity index (χ1v) is 19.2. The number of nitrogens with zero attached hydrogens (tertiary/aromatic N) is 2. The van der Waals surface area contributed by atoms with Crippen LogP contribution in [0.25, 0.3) is 0 Å². The highest BCUT2D eigenvalue weighted by atomic mass is 16.4. The number of guanidine groups is 1. The van der Waals surface area contributed by atoms with E-state index in [0.717, 1.165) is 4.90 Å². The largest absolute Gasteiger partial charge is 0.481 e. The standard InChI is InChI=1S/C35H61N11O13/c1-17(2)10-20(36)29(53)42-21(6-5-9-39-35(37)38)31(55)44-23(11-18(3)4)32(56)45-24(16-47)30(54)41-13-26(49)40-14-27(50)46-15-19(48)12-25(46)33(57)43-22(34(58)59)7-8-28(51)52/h17-25,47-48H,5-16,36H2,1-4H3,(H,40,49)(H,41,54)(H,42,53)(H,43,57)(H,44,55)(H,45,56)(H,51,52)(H,58,59)(H4,37,38,39)/t19-,20-,21-,22+,23+,24+,25+/m1/s1. The predicted molar refractivity (Wildman–Crippen MR) is 208 cm³/mol. The number of aliphatic hydroxyl groups excluding tert-OH is 2. The highest BCUT2D eigenvalue weighted by Gasteiger charge is 2.40. The summed E-state index contributed by atoms with van der Waals surface area (Å²) in [5.41, 5.74) is 16.8. The van der Waals surface area contributed by atoms with Crippen LogP contribution in [0.1, 0.15) is 72.6 Å². The van der Waals surface area contributed by atoms with Crippen LogP contribution in [0.3, 0.4) is 0 Å². The summed E-state index contributed by atoms with van der Waals surface area (Å²) in [4.78, 5) is 118. The van der Waals surface area contributed by atoms with Gasteiger partial charge in [-0.2, -0.15) is 0 Å². The summed E-state index contributed by atoms with van der Waals surface area (Å²) in [6, 6.07) is -7.79. The van der Waals surface area contributed by atoms with Crippen molar-refractivity contribution in [3.63, 3.8) is 0 Å². The lowest BCUT2D eigenvalue weighted by Crippen LogP contribution is -2.59. The summed E-state index contributed by atoms with van der Waals surface area (Å²) in [5, 5.41) is 52.4. The molecule has 0 bridgehead atoms. The summed E-state index contributed by atoms with van der Waals surface area (Å²) in [5.74, 6) is -8.89. The maximum absolute atomic E-state index is 13.5. The molecule has 0 aliphatic carbocycles. The lowest BCUT2D eigenvalue weighted by molar-refractivity contribution is -0.144. The number of likely N-dealkylation sites (tertiary alicyclic amines) is 1. The Labute approximate surface area is 341 Å². The van der Waals surface area contributed by atoms with Crippen molar-refractivity contribution in [2.45, 2.75) is 115 Å². The third kappa shape index (κ3) is 19.6. The van der Waals surface area contributed by atoms with Gasteiger partial charge >= 0.3 is 11.9 Å². The van der Waals surface area contributed by atoms with Crippen LogP contribution < -0.4 is 49.1 Å². The summed E-state index contributed by atoms with van der Waals surface area (Å²) < 4.78 is 0. The van der Waals surface area contributed by atoms with Crippen LogP contribution in [0.15, 0.2) is 4.99 Å². The molecule has 16 N–H and O–H groups in total. The van der Waals surface area contributed by atoms with Crippen molar-refractivity contribution in [1.29, 1.82) is 0 Å². The average molecular weight is 844 g/mol. The minimum Gasteiger partial charge on any atom is -0.481 e. The van der Waals surface area contributed by atoms with Crippen LogP contribution in [0, 0.1) is 11.8 Å². The lowest BCUT2D eigenvalue weighted by atomic mass is 10.0. The molecule has 1 fully saturated rings. The maximum atomic E-state index is 13.5. The number of hydrogen-bond acceptors (Lipinski definition) is 13. The zero-order chi connectivity index (χ0) is 45.0. The van der Waals surface area contributed by atoms with Crippen LogP contribution in [0.5, 0.6) is 0 Å². The van der Waals surface area contributed by atoms with Crippen molar-refractivity contribution in [2.24, 2.45) is 34.0 Å². The van der Waals surface area contributed by atoms with Gasteiger partial charge in [-0.1, -0.05) is 27.7 Å². The minimum atomic E-state index is -1.59. The Balaban J connectivity index is 2.89. The van der Waals surface area contributed by atoms with Crippen molar-refractivity contribution >= 4 is 59.2 Å². The fourth-order valence-corrected chi connectivity index (χ4v) is 5.87. The molecule has 1 aliphatic heterocycles. The topological polar surface area (TPSA) is 400 Å². The van der Waals surface area contributed by atoms with Crippen LogP contribution in [-0.2, 0) is 43.2 Å². The van der Waals surface area contributed by atoms with Gasteiger partial charge in [0.15, 0.2) is 5.96 Å². The van der Waals surface area contributed by atoms with Gasteiger partial charge in [-0.3, -0.25) is 43.3 Å². The molecule has 59 heavy (non-hydrogen) atoms. The number of carbonyl (C=O) groups is 9. The summed E-state index contributed by atoms with van der Waals surface area (Å²) >= 11 is 0. The van der Waals surface area contributed by atoms with Gasteiger partial charge in [-0.25, -0.2) is 4.79 Å². The Bertz CT molecular complexity index is 1520. The van der Waals surface area contributed by atoms with Crippen LogP contribution in [0.2, 0.25) is 0 Å². The number of aliphatic imine (C=N–C) groups is 1. The number of aliphatic carboxylic acids is 2. The number of carbonyl (C=O) groups excluding carboxylic acids is 7. The number of aliphatic hydroxyl groups is 2. The molecule has 1 saturated heterocycles. The number of carboxylic acid groups (broad SMARTS) is 2. The lowest BCUT2D eigenvalue weighted by Gasteiger charge is -2.26. The van der Waals surface area contributed by atoms with Gasteiger partial charge in [0.2, 0.25) is 41.4 Å². The van der Waals surface area contributed by atoms with Gasteiger partial charge in [0.25, 0.3) is 0 Å². The molecule has 0 saturated carbocycles. The molecule has 1 heterocycles. The first-order chi connectivity index (χ1) is 27.5. The molecule has 7 amide bonds. The number of nitrogens with two attached hydrogens (primary N) is 3. The summed E-state index contributed by atoms with van der Waals surface area (Å²) in [6.45, 7) is 4.76. The van der Waals surface area contributed by atoms with E-state index in [9.17, 15) is 58.5 Å². The second kappa shape index (κ2) is 25.7. The molecule has 334 valence electrons. The molecule has 1 aliphatic rings. The Kier molecular flexibility index (Phi) is 22.4. The number of β-amino-alcohol motifs (C(OH)–C–C–N with tert-alkyl or cyclic N) is 1. The van der Waals surface area contributed by atoms with Gasteiger partial charge < -0.3 is 74.4 Å². The molecule has 24 nitrogen and oxygen atoms in total. The van der Waals surface area contributed by atoms with Gasteiger partial charge in [0, 0.05) is 25.9 Å². The van der Waals surface area contributed by atoms with Crippen molar-refractivity contribution in [3.8, 4) is 0 Å². The first-order valence-electron chi connectivity index (χ1n) is 19.2. The van der Waals surface area contributed by atoms with Crippen molar-refractivity contribution < 1.29 is 63.6 Å². The van der Waals surface area contributed by atoms with Crippen molar-refractivity contribution in [1.82, 2.24) is 36.8 Å². The van der Waals surface area contributed by atoms with Gasteiger partial charge in [-0.15, -0.1) is 0 Å².